The molecule has 1 aliphatic rings. The predicted molar refractivity (Wildman–Crippen MR) is 89.6 cm³/mol. The van der Waals surface area contributed by atoms with Crippen molar-refractivity contribution in [3.8, 4) is 5.88 Å². The molecular formula is C17H16FN3OS. The van der Waals surface area contributed by atoms with Gasteiger partial charge in [0, 0.05) is 24.4 Å². The van der Waals surface area contributed by atoms with Crippen LogP contribution in [0.2, 0.25) is 0 Å². The van der Waals surface area contributed by atoms with Crippen LogP contribution in [0.3, 0.4) is 0 Å². The lowest BCUT2D eigenvalue weighted by molar-refractivity contribution is 0.101. The van der Waals surface area contributed by atoms with Crippen molar-refractivity contribution in [1.29, 1.82) is 0 Å². The summed E-state index contributed by atoms with van der Waals surface area (Å²) in [5.74, 6) is -0.109. The Kier molecular flexibility index (Phi) is 3.61. The van der Waals surface area contributed by atoms with Crippen LogP contribution in [0.4, 0.5) is 9.52 Å². The van der Waals surface area contributed by atoms with Crippen molar-refractivity contribution in [3.63, 3.8) is 0 Å². The number of ether oxygens (including phenoxy) is 1. The summed E-state index contributed by atoms with van der Waals surface area (Å²) in [5, 5.41) is 4.38. The van der Waals surface area contributed by atoms with E-state index < -0.39 is 5.95 Å². The van der Waals surface area contributed by atoms with Crippen LogP contribution in [-0.4, -0.2) is 22.1 Å². The smallest absolute Gasteiger partial charge is 0.219 e. The maximum absolute atomic E-state index is 13.2. The number of fused-ring (bicyclic) bond motifs is 1. The van der Waals surface area contributed by atoms with Crippen molar-refractivity contribution < 1.29 is 9.13 Å². The van der Waals surface area contributed by atoms with Crippen molar-refractivity contribution in [3.05, 3.63) is 47.9 Å². The van der Waals surface area contributed by atoms with Crippen molar-refractivity contribution >= 4 is 26.7 Å². The zero-order valence-electron chi connectivity index (χ0n) is 12.6. The first-order chi connectivity index (χ1) is 11.2. The lowest BCUT2D eigenvalue weighted by Crippen LogP contribution is -2.42. The SMILES string of the molecule is Cc1ccc(F)nc1OC1CC(Nc2nc3ccccc3s2)C1. The van der Waals surface area contributed by atoms with E-state index in [0.717, 1.165) is 29.1 Å². The summed E-state index contributed by atoms with van der Waals surface area (Å²) in [7, 11) is 0. The van der Waals surface area contributed by atoms with Gasteiger partial charge in [-0.25, -0.2) is 4.98 Å². The van der Waals surface area contributed by atoms with Crippen molar-refractivity contribution in [2.24, 2.45) is 0 Å². The van der Waals surface area contributed by atoms with Crippen LogP contribution in [0.5, 0.6) is 5.88 Å². The molecule has 0 radical (unpaired) electrons. The molecule has 1 N–H and O–H groups in total. The van der Waals surface area contributed by atoms with Gasteiger partial charge in [0.25, 0.3) is 0 Å². The first-order valence-corrected chi connectivity index (χ1v) is 8.41. The van der Waals surface area contributed by atoms with E-state index in [2.05, 4.69) is 21.4 Å². The Hall–Kier alpha value is -2.21. The molecule has 3 aromatic rings. The van der Waals surface area contributed by atoms with E-state index in [1.54, 1.807) is 17.4 Å². The third-order valence-corrected chi connectivity index (χ3v) is 4.98. The predicted octanol–water partition coefficient (Wildman–Crippen LogP) is 4.16. The second-order valence-electron chi connectivity index (χ2n) is 5.80. The Morgan fingerprint density at radius 2 is 2.00 bits per heavy atom. The lowest BCUT2D eigenvalue weighted by atomic mass is 9.89. The molecule has 2 aromatic heterocycles. The maximum Gasteiger partial charge on any atom is 0.219 e. The van der Waals surface area contributed by atoms with Gasteiger partial charge in [-0.1, -0.05) is 23.5 Å². The molecule has 0 bridgehead atoms. The van der Waals surface area contributed by atoms with Gasteiger partial charge in [0.1, 0.15) is 6.10 Å². The van der Waals surface area contributed by atoms with Gasteiger partial charge in [0.15, 0.2) is 5.13 Å². The highest BCUT2D eigenvalue weighted by atomic mass is 32.1. The van der Waals surface area contributed by atoms with Crippen LogP contribution < -0.4 is 10.1 Å². The summed E-state index contributed by atoms with van der Waals surface area (Å²) in [6.07, 6.45) is 1.82. The van der Waals surface area contributed by atoms with Gasteiger partial charge in [0.05, 0.1) is 10.2 Å². The fraction of sp³-hybridized carbons (Fsp3) is 0.294. The number of rotatable bonds is 4. The van der Waals surface area contributed by atoms with Gasteiger partial charge >= 0.3 is 0 Å². The Morgan fingerprint density at radius 1 is 1.17 bits per heavy atom. The highest BCUT2D eigenvalue weighted by Gasteiger charge is 2.32. The largest absolute Gasteiger partial charge is 0.474 e. The number of hydrogen-bond acceptors (Lipinski definition) is 5. The van der Waals surface area contributed by atoms with Gasteiger partial charge in [-0.2, -0.15) is 9.37 Å². The average molecular weight is 329 g/mol. The van der Waals surface area contributed by atoms with Crippen LogP contribution in [0.25, 0.3) is 10.2 Å². The lowest BCUT2D eigenvalue weighted by Gasteiger charge is -2.35. The molecule has 1 aromatic carbocycles. The fourth-order valence-electron chi connectivity index (χ4n) is 2.65. The number of halogens is 1. The number of hydrogen-bond donors (Lipinski definition) is 1. The van der Waals surface area contributed by atoms with E-state index >= 15 is 0 Å². The summed E-state index contributed by atoms with van der Waals surface area (Å²) in [5.41, 5.74) is 1.88. The Balaban J connectivity index is 1.35. The zero-order valence-corrected chi connectivity index (χ0v) is 13.4. The molecule has 0 unspecified atom stereocenters. The second kappa shape index (κ2) is 5.77. The van der Waals surface area contributed by atoms with Crippen molar-refractivity contribution in [2.75, 3.05) is 5.32 Å². The van der Waals surface area contributed by atoms with Crippen LogP contribution in [0.15, 0.2) is 36.4 Å². The molecule has 0 amide bonds. The minimum Gasteiger partial charge on any atom is -0.474 e. The van der Waals surface area contributed by atoms with Crippen LogP contribution in [0, 0.1) is 12.9 Å². The molecule has 1 fully saturated rings. The summed E-state index contributed by atoms with van der Waals surface area (Å²) < 4.78 is 20.1. The molecule has 1 saturated carbocycles. The third kappa shape index (κ3) is 2.99. The number of benzene rings is 1. The summed E-state index contributed by atoms with van der Waals surface area (Å²) in [6.45, 7) is 1.87. The van der Waals surface area contributed by atoms with Crippen LogP contribution in [0.1, 0.15) is 18.4 Å². The molecule has 1 aliphatic carbocycles. The molecule has 6 heteroatoms. The van der Waals surface area contributed by atoms with Gasteiger partial charge in [-0.05, 0) is 31.2 Å². The molecule has 4 rings (SSSR count). The van der Waals surface area contributed by atoms with Gasteiger partial charge in [0.2, 0.25) is 11.8 Å². The molecule has 0 spiro atoms. The number of para-hydroxylation sites is 1. The highest BCUT2D eigenvalue weighted by molar-refractivity contribution is 7.22. The van der Waals surface area contributed by atoms with E-state index in [9.17, 15) is 4.39 Å². The molecule has 0 atom stereocenters. The zero-order chi connectivity index (χ0) is 15.8. The van der Waals surface area contributed by atoms with Crippen molar-refractivity contribution in [1.82, 2.24) is 9.97 Å². The number of thiazole rings is 1. The Bertz CT molecular complexity index is 812. The monoisotopic (exact) mass is 329 g/mol. The number of nitrogens with zero attached hydrogens (tertiary/aromatic N) is 2. The van der Waals surface area contributed by atoms with Crippen LogP contribution in [-0.2, 0) is 0 Å². The molecule has 118 valence electrons. The van der Waals surface area contributed by atoms with Gasteiger partial charge in [-0.15, -0.1) is 0 Å². The molecule has 2 heterocycles. The van der Waals surface area contributed by atoms with Gasteiger partial charge in [-0.3, -0.25) is 0 Å². The number of pyridine rings is 1. The van der Waals surface area contributed by atoms with Crippen molar-refractivity contribution in [2.45, 2.75) is 31.9 Å². The fourth-order valence-corrected chi connectivity index (χ4v) is 3.60. The summed E-state index contributed by atoms with van der Waals surface area (Å²) in [6, 6.07) is 11.5. The third-order valence-electron chi connectivity index (χ3n) is 4.01. The Morgan fingerprint density at radius 3 is 2.83 bits per heavy atom. The molecule has 0 aliphatic heterocycles. The van der Waals surface area contributed by atoms with E-state index in [-0.39, 0.29) is 6.10 Å². The standard InChI is InChI=1S/C17H16FN3OS/c1-10-6-7-15(18)21-16(10)22-12-8-11(9-12)19-17-20-13-4-2-3-5-14(13)23-17/h2-7,11-12H,8-9H2,1H3,(H,19,20). The summed E-state index contributed by atoms with van der Waals surface area (Å²) >= 11 is 1.66. The topological polar surface area (TPSA) is 47.0 Å². The normalized spacial score (nSPS) is 20.3. The molecule has 0 saturated heterocycles. The van der Waals surface area contributed by atoms with E-state index in [1.165, 1.54) is 10.8 Å². The quantitative estimate of drug-likeness (QED) is 0.730. The number of nitrogens with one attached hydrogen (secondary N) is 1. The number of aryl methyl sites for hydroxylation is 1. The van der Waals surface area contributed by atoms with Gasteiger partial charge < -0.3 is 10.1 Å². The van der Waals surface area contributed by atoms with E-state index in [0.29, 0.717) is 11.9 Å². The van der Waals surface area contributed by atoms with E-state index in [1.807, 2.05) is 25.1 Å². The van der Waals surface area contributed by atoms with Crippen LogP contribution >= 0.6 is 11.3 Å². The molecule has 23 heavy (non-hydrogen) atoms. The Labute approximate surface area is 137 Å². The summed E-state index contributed by atoms with van der Waals surface area (Å²) in [4.78, 5) is 8.39. The molecule has 4 nitrogen and oxygen atoms in total. The second-order valence-corrected chi connectivity index (χ2v) is 6.83. The first kappa shape index (κ1) is 14.4. The van der Waals surface area contributed by atoms with E-state index in [4.69, 9.17) is 4.74 Å². The minimum absolute atomic E-state index is 0.0786. The maximum atomic E-state index is 13.2. The molecular weight excluding hydrogens is 313 g/mol. The minimum atomic E-state index is -0.505. The number of aromatic nitrogens is 2. The number of anilines is 1. The first-order valence-electron chi connectivity index (χ1n) is 7.59. The highest BCUT2D eigenvalue weighted by Crippen LogP contribution is 2.32. The average Bonchev–Trinajstić information content (AvgIpc) is 2.91.